The number of carboxylic acid groups (broad SMARTS) is 1. The molecule has 24 heavy (non-hydrogen) atoms. The first-order chi connectivity index (χ1) is 11.5. The van der Waals surface area contributed by atoms with Crippen molar-refractivity contribution in [3.05, 3.63) is 44.6 Å². The molecule has 9 heteroatoms. The van der Waals surface area contributed by atoms with Crippen molar-refractivity contribution in [1.29, 1.82) is 0 Å². The topological polar surface area (TPSA) is 97.2 Å². The molecule has 0 bridgehead atoms. The van der Waals surface area contributed by atoms with E-state index in [0.29, 0.717) is 20.7 Å². The van der Waals surface area contributed by atoms with Gasteiger partial charge in [-0.25, -0.2) is 10.2 Å². The minimum absolute atomic E-state index is 0.284. The first kappa shape index (κ1) is 18.0. The number of carbonyl (C=O) groups is 2. The summed E-state index contributed by atoms with van der Waals surface area (Å²) < 4.78 is 10.9. The Morgan fingerprint density at radius 3 is 2.83 bits per heavy atom. The van der Waals surface area contributed by atoms with Gasteiger partial charge < -0.3 is 14.6 Å². The van der Waals surface area contributed by atoms with Crippen LogP contribution in [0.1, 0.15) is 15.2 Å². The van der Waals surface area contributed by atoms with Crippen molar-refractivity contribution in [3.8, 4) is 11.5 Å². The lowest BCUT2D eigenvalue weighted by atomic mass is 10.2. The second-order valence-electron chi connectivity index (χ2n) is 4.38. The summed E-state index contributed by atoms with van der Waals surface area (Å²) in [4.78, 5) is 22.9. The maximum absolute atomic E-state index is 11.8. The molecule has 0 aliphatic heterocycles. The summed E-state index contributed by atoms with van der Waals surface area (Å²) in [7, 11) is 1.44. The Bertz CT molecular complexity index is 761. The molecule has 0 saturated heterocycles. The average molecular weight is 413 g/mol. The number of ether oxygens (including phenoxy) is 2. The third kappa shape index (κ3) is 4.80. The molecule has 2 aromatic rings. The number of rotatable bonds is 7. The van der Waals surface area contributed by atoms with Crippen LogP contribution in [0.25, 0.3) is 0 Å². The summed E-state index contributed by atoms with van der Waals surface area (Å²) in [5.41, 5.74) is 3.05. The number of methoxy groups -OCH3 is 1. The Hall–Kier alpha value is -2.39. The first-order valence-corrected chi connectivity index (χ1v) is 8.27. The molecule has 1 heterocycles. The van der Waals surface area contributed by atoms with Gasteiger partial charge in [-0.1, -0.05) is 6.07 Å². The minimum Gasteiger partial charge on any atom is -0.493 e. The van der Waals surface area contributed by atoms with Gasteiger partial charge in [-0.2, -0.15) is 5.10 Å². The summed E-state index contributed by atoms with van der Waals surface area (Å²) in [6.07, 6.45) is 1.44. The summed E-state index contributed by atoms with van der Waals surface area (Å²) in [5.74, 6) is -0.752. The smallest absolute Gasteiger partial charge is 0.341 e. The van der Waals surface area contributed by atoms with Crippen molar-refractivity contribution in [2.75, 3.05) is 13.7 Å². The lowest BCUT2D eigenvalue weighted by Crippen LogP contribution is -2.16. The molecule has 1 amide bonds. The molecule has 0 unspecified atom stereocenters. The van der Waals surface area contributed by atoms with Gasteiger partial charge in [0.2, 0.25) is 0 Å². The van der Waals surface area contributed by atoms with Gasteiger partial charge in [0.25, 0.3) is 5.91 Å². The molecule has 2 rings (SSSR count). The Kier molecular flexibility index (Phi) is 6.33. The van der Waals surface area contributed by atoms with E-state index in [0.717, 1.165) is 0 Å². The van der Waals surface area contributed by atoms with E-state index in [2.05, 4.69) is 26.5 Å². The van der Waals surface area contributed by atoms with E-state index in [1.54, 1.807) is 29.6 Å². The Balaban J connectivity index is 2.11. The van der Waals surface area contributed by atoms with Gasteiger partial charge in [0.15, 0.2) is 18.1 Å². The van der Waals surface area contributed by atoms with E-state index in [1.165, 1.54) is 24.7 Å². The zero-order valence-corrected chi connectivity index (χ0v) is 14.9. The fourth-order valence-electron chi connectivity index (χ4n) is 1.68. The highest BCUT2D eigenvalue weighted by Crippen LogP contribution is 2.32. The average Bonchev–Trinajstić information content (AvgIpc) is 3.08. The van der Waals surface area contributed by atoms with Crippen LogP contribution < -0.4 is 14.9 Å². The number of carboxylic acids is 1. The van der Waals surface area contributed by atoms with Crippen molar-refractivity contribution in [2.45, 2.75) is 0 Å². The molecule has 126 valence electrons. The van der Waals surface area contributed by atoms with E-state index in [-0.39, 0.29) is 11.7 Å². The summed E-state index contributed by atoms with van der Waals surface area (Å²) in [6, 6.07) is 6.66. The Morgan fingerprint density at radius 2 is 2.21 bits per heavy atom. The fourth-order valence-corrected chi connectivity index (χ4v) is 2.72. The summed E-state index contributed by atoms with van der Waals surface area (Å²) in [6.45, 7) is -0.479. The van der Waals surface area contributed by atoms with Crippen molar-refractivity contribution >= 4 is 45.4 Å². The molecule has 0 aliphatic carbocycles. The summed E-state index contributed by atoms with van der Waals surface area (Å²) in [5, 5.41) is 14.4. The molecule has 7 nitrogen and oxygen atoms in total. The van der Waals surface area contributed by atoms with Crippen LogP contribution in [0.15, 0.2) is 39.2 Å². The normalized spacial score (nSPS) is 10.6. The zero-order valence-electron chi connectivity index (χ0n) is 12.5. The van der Waals surface area contributed by atoms with E-state index in [4.69, 9.17) is 14.6 Å². The van der Waals surface area contributed by atoms with Gasteiger partial charge in [0.05, 0.1) is 18.2 Å². The number of amides is 1. The SMILES string of the molecule is COc1cc(/C=N\NC(=O)c2cccs2)c(Br)cc1OCC(=O)O. The van der Waals surface area contributed by atoms with Crippen molar-refractivity contribution in [2.24, 2.45) is 5.10 Å². The quantitative estimate of drug-likeness (QED) is 0.538. The second kappa shape index (κ2) is 8.46. The number of nitrogens with zero attached hydrogens (tertiary/aromatic N) is 1. The molecule has 0 aliphatic rings. The van der Waals surface area contributed by atoms with E-state index < -0.39 is 12.6 Å². The molecule has 2 N–H and O–H groups in total. The highest BCUT2D eigenvalue weighted by Gasteiger charge is 2.11. The molecule has 0 saturated carbocycles. The van der Waals surface area contributed by atoms with Gasteiger partial charge in [-0.15, -0.1) is 11.3 Å². The molecule has 0 atom stereocenters. The number of hydrogen-bond acceptors (Lipinski definition) is 6. The van der Waals surface area contributed by atoms with Crippen LogP contribution in [0.2, 0.25) is 0 Å². The Labute approximate surface area is 150 Å². The zero-order chi connectivity index (χ0) is 17.5. The largest absolute Gasteiger partial charge is 0.493 e. The number of hydrazone groups is 1. The van der Waals surface area contributed by atoms with Gasteiger partial charge >= 0.3 is 5.97 Å². The number of carbonyl (C=O) groups excluding carboxylic acids is 1. The van der Waals surface area contributed by atoms with E-state index >= 15 is 0 Å². The van der Waals surface area contributed by atoms with E-state index in [9.17, 15) is 9.59 Å². The van der Waals surface area contributed by atoms with Crippen LogP contribution in [0, 0.1) is 0 Å². The van der Waals surface area contributed by atoms with Crippen LogP contribution in [0.4, 0.5) is 0 Å². The van der Waals surface area contributed by atoms with Crippen molar-refractivity contribution in [3.63, 3.8) is 0 Å². The van der Waals surface area contributed by atoms with Crippen LogP contribution in [-0.4, -0.2) is 36.9 Å². The number of thiophene rings is 1. The highest BCUT2D eigenvalue weighted by molar-refractivity contribution is 9.10. The molecule has 1 aromatic carbocycles. The maximum Gasteiger partial charge on any atom is 0.341 e. The predicted octanol–water partition coefficient (Wildman–Crippen LogP) is 2.75. The van der Waals surface area contributed by atoms with Gasteiger partial charge in [-0.05, 0) is 39.5 Å². The van der Waals surface area contributed by atoms with Crippen molar-refractivity contribution in [1.82, 2.24) is 5.43 Å². The maximum atomic E-state index is 11.8. The second-order valence-corrected chi connectivity index (χ2v) is 6.19. The van der Waals surface area contributed by atoms with Crippen LogP contribution in [0.5, 0.6) is 11.5 Å². The first-order valence-electron chi connectivity index (χ1n) is 6.60. The number of aliphatic carboxylic acids is 1. The number of hydrogen-bond donors (Lipinski definition) is 2. The molecule has 1 aromatic heterocycles. The monoisotopic (exact) mass is 412 g/mol. The minimum atomic E-state index is -1.09. The van der Waals surface area contributed by atoms with Gasteiger partial charge in [0, 0.05) is 10.0 Å². The lowest BCUT2D eigenvalue weighted by Gasteiger charge is -2.11. The van der Waals surface area contributed by atoms with Gasteiger partial charge in [-0.3, -0.25) is 4.79 Å². The van der Waals surface area contributed by atoms with Crippen LogP contribution in [-0.2, 0) is 4.79 Å². The molecular formula is C15H13BrN2O5S. The number of nitrogens with one attached hydrogen (secondary N) is 1. The van der Waals surface area contributed by atoms with Gasteiger partial charge in [0.1, 0.15) is 0 Å². The number of halogens is 1. The molecule has 0 spiro atoms. The van der Waals surface area contributed by atoms with Crippen LogP contribution >= 0.6 is 27.3 Å². The highest BCUT2D eigenvalue weighted by atomic mass is 79.9. The number of benzene rings is 1. The standard InChI is InChI=1S/C15H13BrN2O5S/c1-22-11-5-9(10(16)6-12(11)23-8-14(19)20)7-17-18-15(21)13-3-2-4-24-13/h2-7H,8H2,1H3,(H,18,21)(H,19,20)/b17-7-. The third-order valence-electron chi connectivity index (χ3n) is 2.75. The third-order valence-corrected chi connectivity index (χ3v) is 4.30. The Morgan fingerprint density at radius 1 is 1.42 bits per heavy atom. The molecule has 0 radical (unpaired) electrons. The van der Waals surface area contributed by atoms with Crippen LogP contribution in [0.3, 0.4) is 0 Å². The summed E-state index contributed by atoms with van der Waals surface area (Å²) >= 11 is 4.66. The fraction of sp³-hybridized carbons (Fsp3) is 0.133. The van der Waals surface area contributed by atoms with Crippen molar-refractivity contribution < 1.29 is 24.2 Å². The lowest BCUT2D eigenvalue weighted by molar-refractivity contribution is -0.139. The predicted molar refractivity (Wildman–Crippen MR) is 93.2 cm³/mol. The van der Waals surface area contributed by atoms with E-state index in [1.807, 2.05) is 0 Å². The molecule has 0 fully saturated rings. The molecular weight excluding hydrogens is 400 g/mol.